The Hall–Kier alpha value is -0.500. The summed E-state index contributed by atoms with van der Waals surface area (Å²) in [6.07, 6.45) is -6.23. The maximum atomic E-state index is 12.8. The number of hydrogen-bond acceptors (Lipinski definition) is 2. The highest BCUT2D eigenvalue weighted by atomic mass is 127. The van der Waals surface area contributed by atoms with Gasteiger partial charge in [-0.1, -0.05) is 19.1 Å². The molecular formula is C11H13F3INO. The van der Waals surface area contributed by atoms with Crippen LogP contribution in [0, 0.1) is 3.57 Å². The van der Waals surface area contributed by atoms with Gasteiger partial charge in [0.05, 0.1) is 9.61 Å². The average Bonchev–Trinajstić information content (AvgIpc) is 2.25. The van der Waals surface area contributed by atoms with E-state index in [0.29, 0.717) is 3.57 Å². The molecule has 2 nitrogen and oxygen atoms in total. The molecule has 1 rings (SSSR count). The molecular weight excluding hydrogens is 346 g/mol. The molecule has 0 radical (unpaired) electrons. The fourth-order valence-electron chi connectivity index (χ4n) is 1.29. The van der Waals surface area contributed by atoms with Crippen molar-refractivity contribution in [3.63, 3.8) is 0 Å². The lowest BCUT2D eigenvalue weighted by Crippen LogP contribution is -2.48. The minimum absolute atomic E-state index is 0.202. The first-order chi connectivity index (χ1) is 7.86. The zero-order chi connectivity index (χ0) is 13.1. The number of rotatable bonds is 4. The summed E-state index contributed by atoms with van der Waals surface area (Å²) in [6, 6.07) is 5.48. The molecule has 2 N–H and O–H groups in total. The zero-order valence-corrected chi connectivity index (χ0v) is 11.3. The maximum Gasteiger partial charge on any atom is 0.426 e. The summed E-state index contributed by atoms with van der Waals surface area (Å²) in [5.74, 6) is 0.208. The van der Waals surface area contributed by atoms with Crippen molar-refractivity contribution in [3.05, 3.63) is 27.8 Å². The molecule has 0 amide bonds. The normalized spacial score (nSPS) is 15.4. The van der Waals surface area contributed by atoms with Crippen LogP contribution in [-0.2, 0) is 0 Å². The van der Waals surface area contributed by atoms with Crippen LogP contribution in [-0.4, -0.2) is 18.3 Å². The second kappa shape index (κ2) is 5.90. The first-order valence-corrected chi connectivity index (χ1v) is 6.17. The highest BCUT2D eigenvalue weighted by Gasteiger charge is 2.45. The monoisotopic (exact) mass is 359 g/mol. The summed E-state index contributed by atoms with van der Waals surface area (Å²) >= 11 is 1.92. The van der Waals surface area contributed by atoms with E-state index in [1.807, 2.05) is 22.6 Å². The Morgan fingerprint density at radius 2 is 1.94 bits per heavy atom. The van der Waals surface area contributed by atoms with Crippen LogP contribution in [0.4, 0.5) is 13.2 Å². The van der Waals surface area contributed by atoms with Gasteiger partial charge in [-0.25, -0.2) is 0 Å². The van der Waals surface area contributed by atoms with E-state index in [4.69, 9.17) is 10.5 Å². The molecule has 2 atom stereocenters. The molecule has 17 heavy (non-hydrogen) atoms. The van der Waals surface area contributed by atoms with Crippen molar-refractivity contribution >= 4 is 22.6 Å². The van der Waals surface area contributed by atoms with Gasteiger partial charge in [0.2, 0.25) is 6.10 Å². The summed E-state index contributed by atoms with van der Waals surface area (Å²) in [5.41, 5.74) is 5.45. The predicted octanol–water partition coefficient (Wildman–Crippen LogP) is 3.34. The number of ether oxygens (including phenoxy) is 1. The van der Waals surface area contributed by atoms with E-state index in [1.165, 1.54) is 6.07 Å². The Morgan fingerprint density at radius 1 is 1.35 bits per heavy atom. The van der Waals surface area contributed by atoms with Crippen LogP contribution in [0.2, 0.25) is 0 Å². The van der Waals surface area contributed by atoms with Crippen LogP contribution in [0.15, 0.2) is 24.3 Å². The standard InChI is InChI=1S/C11H13F3INO/c1-2-8(16)10(11(12,13)14)17-9-6-4-3-5-7(9)15/h3-6,8,10H,2,16H2,1H3. The molecule has 0 heterocycles. The zero-order valence-electron chi connectivity index (χ0n) is 9.17. The first-order valence-electron chi connectivity index (χ1n) is 5.09. The van der Waals surface area contributed by atoms with Gasteiger partial charge in [0.25, 0.3) is 0 Å². The Labute approximate surface area is 111 Å². The Kier molecular flexibility index (Phi) is 5.05. The van der Waals surface area contributed by atoms with Gasteiger partial charge in [0.1, 0.15) is 5.75 Å². The smallest absolute Gasteiger partial charge is 0.426 e. The SMILES string of the molecule is CCC(N)C(Oc1ccccc1I)C(F)(F)F. The molecule has 6 heteroatoms. The average molecular weight is 359 g/mol. The van der Waals surface area contributed by atoms with Gasteiger partial charge in [-0.3, -0.25) is 0 Å². The van der Waals surface area contributed by atoms with Crippen LogP contribution in [0.3, 0.4) is 0 Å². The Balaban J connectivity index is 2.91. The van der Waals surface area contributed by atoms with Gasteiger partial charge in [-0.15, -0.1) is 0 Å². The third-order valence-corrected chi connectivity index (χ3v) is 3.16. The molecule has 0 aliphatic rings. The van der Waals surface area contributed by atoms with E-state index >= 15 is 0 Å². The van der Waals surface area contributed by atoms with Gasteiger partial charge in [-0.2, -0.15) is 13.2 Å². The van der Waals surface area contributed by atoms with E-state index in [0.717, 1.165) is 0 Å². The van der Waals surface area contributed by atoms with E-state index in [1.54, 1.807) is 25.1 Å². The van der Waals surface area contributed by atoms with Crippen molar-refractivity contribution in [2.45, 2.75) is 31.7 Å². The topological polar surface area (TPSA) is 35.2 Å². The fraction of sp³-hybridized carbons (Fsp3) is 0.455. The molecule has 0 bridgehead atoms. The van der Waals surface area contributed by atoms with E-state index < -0.39 is 18.3 Å². The second-order valence-electron chi connectivity index (χ2n) is 3.58. The summed E-state index contributed by atoms with van der Waals surface area (Å²) in [5, 5.41) is 0. The number of nitrogens with two attached hydrogens (primary N) is 1. The number of para-hydroxylation sites is 1. The Morgan fingerprint density at radius 3 is 2.41 bits per heavy atom. The number of benzene rings is 1. The van der Waals surface area contributed by atoms with Crippen molar-refractivity contribution in [2.75, 3.05) is 0 Å². The lowest BCUT2D eigenvalue weighted by molar-refractivity contribution is -0.201. The molecule has 1 aromatic carbocycles. The van der Waals surface area contributed by atoms with Gasteiger partial charge in [-0.05, 0) is 41.1 Å². The largest absolute Gasteiger partial charge is 0.478 e. The molecule has 0 fully saturated rings. The van der Waals surface area contributed by atoms with Gasteiger partial charge < -0.3 is 10.5 Å². The minimum atomic E-state index is -4.46. The summed E-state index contributed by atoms with van der Waals surface area (Å²) < 4.78 is 43.9. The Bertz CT molecular complexity index is 370. The fourth-order valence-corrected chi connectivity index (χ4v) is 1.80. The summed E-state index contributed by atoms with van der Waals surface area (Å²) in [6.45, 7) is 1.60. The van der Waals surface area contributed by atoms with Crippen LogP contribution >= 0.6 is 22.6 Å². The summed E-state index contributed by atoms with van der Waals surface area (Å²) in [4.78, 5) is 0. The van der Waals surface area contributed by atoms with Crippen LogP contribution < -0.4 is 10.5 Å². The highest BCUT2D eigenvalue weighted by molar-refractivity contribution is 14.1. The van der Waals surface area contributed by atoms with Gasteiger partial charge >= 0.3 is 6.18 Å². The van der Waals surface area contributed by atoms with Crippen molar-refractivity contribution in [1.82, 2.24) is 0 Å². The van der Waals surface area contributed by atoms with Crippen LogP contribution in [0.25, 0.3) is 0 Å². The number of alkyl halides is 3. The lowest BCUT2D eigenvalue weighted by Gasteiger charge is -2.26. The highest BCUT2D eigenvalue weighted by Crippen LogP contribution is 2.29. The molecule has 1 aromatic rings. The molecule has 0 saturated heterocycles. The van der Waals surface area contributed by atoms with E-state index in [2.05, 4.69) is 0 Å². The molecule has 0 aliphatic heterocycles. The molecule has 0 aliphatic carbocycles. The van der Waals surface area contributed by atoms with Gasteiger partial charge in [0.15, 0.2) is 0 Å². The number of hydrogen-bond donors (Lipinski definition) is 1. The van der Waals surface area contributed by atoms with Crippen molar-refractivity contribution < 1.29 is 17.9 Å². The lowest BCUT2D eigenvalue weighted by atomic mass is 10.1. The van der Waals surface area contributed by atoms with Crippen LogP contribution in [0.1, 0.15) is 13.3 Å². The quantitative estimate of drug-likeness (QED) is 0.837. The minimum Gasteiger partial charge on any atom is -0.478 e. The van der Waals surface area contributed by atoms with Crippen molar-refractivity contribution in [1.29, 1.82) is 0 Å². The summed E-state index contributed by atoms with van der Waals surface area (Å²) in [7, 11) is 0. The molecule has 2 unspecified atom stereocenters. The molecule has 0 spiro atoms. The maximum absolute atomic E-state index is 12.8. The van der Waals surface area contributed by atoms with Crippen molar-refractivity contribution in [3.8, 4) is 5.75 Å². The van der Waals surface area contributed by atoms with E-state index in [9.17, 15) is 13.2 Å². The van der Waals surface area contributed by atoms with Gasteiger partial charge in [0, 0.05) is 0 Å². The molecule has 0 aromatic heterocycles. The number of halogens is 4. The molecule has 96 valence electrons. The second-order valence-corrected chi connectivity index (χ2v) is 4.74. The van der Waals surface area contributed by atoms with Crippen LogP contribution in [0.5, 0.6) is 5.75 Å². The molecule has 0 saturated carbocycles. The first kappa shape index (κ1) is 14.6. The third-order valence-electron chi connectivity index (χ3n) is 2.27. The third kappa shape index (κ3) is 4.02. The van der Waals surface area contributed by atoms with Crippen molar-refractivity contribution in [2.24, 2.45) is 5.73 Å². The van der Waals surface area contributed by atoms with E-state index in [-0.39, 0.29) is 12.2 Å². The predicted molar refractivity (Wildman–Crippen MR) is 67.9 cm³/mol.